The smallest absolute Gasteiger partial charge is 0.303 e. The van der Waals surface area contributed by atoms with E-state index in [1.54, 1.807) is 24.3 Å². The molecule has 0 fully saturated rings. The normalized spacial score (nSPS) is 11.8. The van der Waals surface area contributed by atoms with Crippen LogP contribution >= 0.6 is 11.6 Å². The fourth-order valence-electron chi connectivity index (χ4n) is 2.92. The zero-order valence-corrected chi connectivity index (χ0v) is 16.8. The number of benzene rings is 2. The number of rotatable bonds is 9. The molecule has 0 saturated carbocycles. The fraction of sp³-hybridized carbons (Fsp3) is 0.286. The number of carboxylic acid groups (broad SMARTS) is 1. The highest BCUT2D eigenvalue weighted by Crippen LogP contribution is 2.32. The molecule has 8 nitrogen and oxygen atoms in total. The first-order valence-corrected chi connectivity index (χ1v) is 9.78. The number of carboxylic acids is 1. The minimum atomic E-state index is -0.894. The number of hydrogen-bond donors (Lipinski definition) is 3. The molecular formula is C21H21ClN2O6. The molecule has 0 saturated heterocycles. The van der Waals surface area contributed by atoms with Gasteiger partial charge in [-0.2, -0.15) is 0 Å². The van der Waals surface area contributed by atoms with Gasteiger partial charge in [-0.05, 0) is 48.7 Å². The van der Waals surface area contributed by atoms with Gasteiger partial charge in [0.05, 0.1) is 11.3 Å². The molecule has 3 N–H and O–H groups in total. The average Bonchev–Trinajstić information content (AvgIpc) is 3.18. The van der Waals surface area contributed by atoms with Gasteiger partial charge < -0.3 is 25.2 Å². The Kier molecular flexibility index (Phi) is 7.13. The van der Waals surface area contributed by atoms with Crippen molar-refractivity contribution in [1.82, 2.24) is 5.32 Å². The second-order valence-electron chi connectivity index (χ2n) is 6.71. The largest absolute Gasteiger partial charge is 0.481 e. The lowest BCUT2D eigenvalue weighted by atomic mass is 10.1. The highest BCUT2D eigenvalue weighted by molar-refractivity contribution is 6.31. The van der Waals surface area contributed by atoms with Crippen LogP contribution in [0.2, 0.25) is 5.02 Å². The number of carbonyl (C=O) groups excluding carboxylic acids is 2. The van der Waals surface area contributed by atoms with E-state index in [0.29, 0.717) is 35.1 Å². The molecule has 1 aliphatic rings. The lowest BCUT2D eigenvalue weighted by Crippen LogP contribution is -2.25. The van der Waals surface area contributed by atoms with Crippen LogP contribution in [0.3, 0.4) is 0 Å². The van der Waals surface area contributed by atoms with E-state index in [1.165, 1.54) is 6.07 Å². The second-order valence-corrected chi connectivity index (χ2v) is 7.15. The summed E-state index contributed by atoms with van der Waals surface area (Å²) in [5, 5.41) is 14.5. The number of ether oxygens (including phenoxy) is 2. The highest BCUT2D eigenvalue weighted by Gasteiger charge is 2.16. The number of amides is 2. The molecule has 0 atom stereocenters. The van der Waals surface area contributed by atoms with Crippen LogP contribution in [0.4, 0.5) is 5.69 Å². The van der Waals surface area contributed by atoms with Crippen molar-refractivity contribution in [2.24, 2.45) is 0 Å². The fourth-order valence-corrected chi connectivity index (χ4v) is 3.09. The van der Waals surface area contributed by atoms with Crippen molar-refractivity contribution in [1.29, 1.82) is 0 Å². The molecule has 0 radical (unpaired) electrons. The molecule has 1 aliphatic heterocycles. The zero-order chi connectivity index (χ0) is 21.5. The van der Waals surface area contributed by atoms with E-state index in [-0.39, 0.29) is 37.6 Å². The lowest BCUT2D eigenvalue weighted by Gasteiger charge is -2.12. The first-order valence-electron chi connectivity index (χ1n) is 9.40. The molecular weight excluding hydrogens is 412 g/mol. The van der Waals surface area contributed by atoms with Gasteiger partial charge in [-0.15, -0.1) is 0 Å². The Morgan fingerprint density at radius 3 is 2.57 bits per heavy atom. The van der Waals surface area contributed by atoms with E-state index in [2.05, 4.69) is 10.6 Å². The Hall–Kier alpha value is -3.26. The number of fused-ring (bicyclic) bond motifs is 1. The Balaban J connectivity index is 1.60. The minimum absolute atomic E-state index is 0.0156. The number of hydrogen-bond acceptors (Lipinski definition) is 5. The van der Waals surface area contributed by atoms with Gasteiger partial charge in [0.15, 0.2) is 11.5 Å². The van der Waals surface area contributed by atoms with Crippen LogP contribution in [0.15, 0.2) is 36.4 Å². The van der Waals surface area contributed by atoms with Crippen LogP contribution in [0.5, 0.6) is 11.5 Å². The molecule has 2 aromatic carbocycles. The standard InChI is InChI=1S/C21H21ClN2O6/c22-14-6-7-16(24-19(25)3-1-2-4-20(26)27)15(10-14)21(28)23-11-13-5-8-17-18(9-13)30-12-29-17/h5-10H,1-4,11-12H2,(H,23,28)(H,24,25)(H,26,27). The Morgan fingerprint density at radius 2 is 1.77 bits per heavy atom. The van der Waals surface area contributed by atoms with Crippen LogP contribution in [-0.4, -0.2) is 29.7 Å². The summed E-state index contributed by atoms with van der Waals surface area (Å²) < 4.78 is 10.6. The number of carbonyl (C=O) groups is 3. The Bertz CT molecular complexity index is 963. The third-order valence-electron chi connectivity index (χ3n) is 4.43. The third kappa shape index (κ3) is 5.87. The van der Waals surface area contributed by atoms with E-state index >= 15 is 0 Å². The minimum Gasteiger partial charge on any atom is -0.481 e. The number of halogens is 1. The maximum atomic E-state index is 12.7. The van der Waals surface area contributed by atoms with Gasteiger partial charge in [-0.3, -0.25) is 14.4 Å². The summed E-state index contributed by atoms with van der Waals surface area (Å²) >= 11 is 6.03. The van der Waals surface area contributed by atoms with Crippen molar-refractivity contribution in [2.75, 3.05) is 12.1 Å². The molecule has 30 heavy (non-hydrogen) atoms. The van der Waals surface area contributed by atoms with E-state index in [4.69, 9.17) is 26.2 Å². The van der Waals surface area contributed by atoms with Crippen LogP contribution in [0.1, 0.15) is 41.6 Å². The number of nitrogens with one attached hydrogen (secondary N) is 2. The van der Waals surface area contributed by atoms with E-state index < -0.39 is 11.9 Å². The molecule has 1 heterocycles. The number of unbranched alkanes of at least 4 members (excludes halogenated alkanes) is 1. The maximum absolute atomic E-state index is 12.7. The lowest BCUT2D eigenvalue weighted by molar-refractivity contribution is -0.137. The van der Waals surface area contributed by atoms with Gasteiger partial charge in [-0.25, -0.2) is 0 Å². The van der Waals surface area contributed by atoms with Crippen LogP contribution in [-0.2, 0) is 16.1 Å². The second kappa shape index (κ2) is 9.98. The number of anilines is 1. The molecule has 9 heteroatoms. The molecule has 3 rings (SSSR count). The van der Waals surface area contributed by atoms with Gasteiger partial charge in [0, 0.05) is 24.4 Å². The highest BCUT2D eigenvalue weighted by atomic mass is 35.5. The first-order chi connectivity index (χ1) is 14.4. The first kappa shape index (κ1) is 21.4. The molecule has 158 valence electrons. The molecule has 0 aromatic heterocycles. The molecule has 0 spiro atoms. The van der Waals surface area contributed by atoms with E-state index in [0.717, 1.165) is 5.56 Å². The van der Waals surface area contributed by atoms with Crippen molar-refractivity contribution >= 4 is 35.1 Å². The SMILES string of the molecule is O=C(O)CCCCC(=O)Nc1ccc(Cl)cc1C(=O)NCc1ccc2c(c1)OCO2. The van der Waals surface area contributed by atoms with Gasteiger partial charge in [0.1, 0.15) is 0 Å². The number of aliphatic carboxylic acids is 1. The van der Waals surface area contributed by atoms with Crippen molar-refractivity contribution < 1.29 is 29.0 Å². The van der Waals surface area contributed by atoms with Crippen molar-refractivity contribution in [3.05, 3.63) is 52.5 Å². The zero-order valence-electron chi connectivity index (χ0n) is 16.1. The summed E-state index contributed by atoms with van der Waals surface area (Å²) in [6.45, 7) is 0.428. The van der Waals surface area contributed by atoms with Gasteiger partial charge in [0.2, 0.25) is 12.7 Å². The van der Waals surface area contributed by atoms with Crippen LogP contribution < -0.4 is 20.1 Å². The summed E-state index contributed by atoms with van der Waals surface area (Å²) in [5.74, 6) is -0.299. The van der Waals surface area contributed by atoms with Crippen molar-refractivity contribution in [2.45, 2.75) is 32.2 Å². The van der Waals surface area contributed by atoms with Gasteiger partial charge >= 0.3 is 5.97 Å². The molecule has 0 bridgehead atoms. The molecule has 2 amide bonds. The van der Waals surface area contributed by atoms with Crippen molar-refractivity contribution in [3.63, 3.8) is 0 Å². The third-order valence-corrected chi connectivity index (χ3v) is 4.67. The quantitative estimate of drug-likeness (QED) is 0.522. The Labute approximate surface area is 178 Å². The predicted molar refractivity (Wildman–Crippen MR) is 110 cm³/mol. The van der Waals surface area contributed by atoms with Gasteiger partial charge in [-0.1, -0.05) is 17.7 Å². The van der Waals surface area contributed by atoms with E-state index in [9.17, 15) is 14.4 Å². The van der Waals surface area contributed by atoms with Crippen LogP contribution in [0.25, 0.3) is 0 Å². The monoisotopic (exact) mass is 432 g/mol. The topological polar surface area (TPSA) is 114 Å². The van der Waals surface area contributed by atoms with Crippen LogP contribution in [0, 0.1) is 0 Å². The molecule has 0 unspecified atom stereocenters. The summed E-state index contributed by atoms with van der Waals surface area (Å²) in [4.78, 5) is 35.4. The average molecular weight is 433 g/mol. The summed E-state index contributed by atoms with van der Waals surface area (Å²) in [6, 6.07) is 10.0. The molecule has 0 aliphatic carbocycles. The van der Waals surface area contributed by atoms with E-state index in [1.807, 2.05) is 6.07 Å². The maximum Gasteiger partial charge on any atom is 0.303 e. The molecule has 2 aromatic rings. The van der Waals surface area contributed by atoms with Gasteiger partial charge in [0.25, 0.3) is 5.91 Å². The summed E-state index contributed by atoms with van der Waals surface area (Å²) in [7, 11) is 0. The van der Waals surface area contributed by atoms with Crippen molar-refractivity contribution in [3.8, 4) is 11.5 Å². The summed E-state index contributed by atoms with van der Waals surface area (Å²) in [5.41, 5.74) is 1.41. The summed E-state index contributed by atoms with van der Waals surface area (Å²) in [6.07, 6.45) is 1.03. The Morgan fingerprint density at radius 1 is 1.00 bits per heavy atom. The predicted octanol–water partition coefficient (Wildman–Crippen LogP) is 3.58.